The number of rotatable bonds is 1. The highest BCUT2D eigenvalue weighted by Crippen LogP contribution is 2.20. The van der Waals surface area contributed by atoms with E-state index in [1.54, 1.807) is 0 Å². The van der Waals surface area contributed by atoms with Crippen LogP contribution in [0.15, 0.2) is 0 Å². The molecule has 4 unspecified atom stereocenters. The average molecular weight is 181 g/mol. The van der Waals surface area contributed by atoms with Crippen LogP contribution in [0.5, 0.6) is 0 Å². The van der Waals surface area contributed by atoms with Crippen LogP contribution in [-0.2, 0) is 4.79 Å². The van der Waals surface area contributed by atoms with E-state index in [0.717, 1.165) is 0 Å². The lowest BCUT2D eigenvalue weighted by atomic mass is 9.94. The third-order valence-electron chi connectivity index (χ3n) is 1.85. The summed E-state index contributed by atoms with van der Waals surface area (Å²) in [6, 6.07) is 0. The van der Waals surface area contributed by atoms with Crippen molar-refractivity contribution in [3.8, 4) is 0 Å². The first-order valence-electron chi connectivity index (χ1n) is 3.46. The number of carboxylic acids is 1. The lowest BCUT2D eigenvalue weighted by molar-refractivity contribution is -0.155. The highest BCUT2D eigenvalue weighted by molar-refractivity contribution is 5.71. The third kappa shape index (κ3) is 1.54. The van der Waals surface area contributed by atoms with Crippen LogP contribution in [0.25, 0.3) is 0 Å². The van der Waals surface area contributed by atoms with E-state index in [2.05, 4.69) is 0 Å². The van der Waals surface area contributed by atoms with Gasteiger partial charge in [-0.2, -0.15) is 0 Å². The fourth-order valence-corrected chi connectivity index (χ4v) is 1.14. The van der Waals surface area contributed by atoms with Crippen LogP contribution in [0.1, 0.15) is 0 Å². The lowest BCUT2D eigenvalue weighted by Gasteiger charge is -2.31. The van der Waals surface area contributed by atoms with Gasteiger partial charge in [-0.05, 0) is 0 Å². The molecule has 1 fully saturated rings. The van der Waals surface area contributed by atoms with E-state index >= 15 is 0 Å². The smallest absolute Gasteiger partial charge is 0.313 e. The van der Waals surface area contributed by atoms with Crippen LogP contribution in [-0.4, -0.2) is 41.3 Å². The Morgan fingerprint density at radius 3 is 2.50 bits per heavy atom. The monoisotopic (exact) mass is 181 g/mol. The highest BCUT2D eigenvalue weighted by atomic mass is 19.1. The molecule has 0 bridgehead atoms. The summed E-state index contributed by atoms with van der Waals surface area (Å²) in [5.74, 6) is -3.25. The van der Waals surface area contributed by atoms with Crippen molar-refractivity contribution < 1.29 is 23.8 Å². The van der Waals surface area contributed by atoms with Gasteiger partial charge in [-0.15, -0.1) is 0 Å². The number of halogens is 2. The number of alkyl halides is 2. The molecule has 1 aliphatic heterocycles. The van der Waals surface area contributed by atoms with Gasteiger partial charge in [0.2, 0.25) is 0 Å². The lowest BCUT2D eigenvalue weighted by Crippen LogP contribution is -2.55. The number of piperidine rings is 1. The maximum absolute atomic E-state index is 12.7. The maximum atomic E-state index is 12.7. The van der Waals surface area contributed by atoms with Gasteiger partial charge in [0.05, 0.1) is 0 Å². The zero-order valence-corrected chi connectivity index (χ0v) is 6.08. The predicted octanol–water partition coefficient (Wildman–Crippen LogP) is -0.715. The normalized spacial score (nSPS) is 42.6. The topological polar surface area (TPSA) is 69.6 Å². The number of hydrogen-bond donors (Lipinski definition) is 3. The fraction of sp³-hybridized carbons (Fsp3) is 0.833. The molecule has 6 heteroatoms. The van der Waals surface area contributed by atoms with E-state index in [-0.39, 0.29) is 6.54 Å². The Bertz CT molecular complexity index is 190. The Hall–Kier alpha value is -0.750. The van der Waals surface area contributed by atoms with Crippen LogP contribution in [0, 0.1) is 5.92 Å². The van der Waals surface area contributed by atoms with Gasteiger partial charge in [-0.25, -0.2) is 8.78 Å². The number of aliphatic carboxylic acids is 1. The fourth-order valence-electron chi connectivity index (χ4n) is 1.14. The Morgan fingerprint density at radius 1 is 1.50 bits per heavy atom. The van der Waals surface area contributed by atoms with Gasteiger partial charge < -0.3 is 10.2 Å². The van der Waals surface area contributed by atoms with Crippen molar-refractivity contribution in [3.63, 3.8) is 0 Å². The summed E-state index contributed by atoms with van der Waals surface area (Å²) in [7, 11) is 0. The van der Waals surface area contributed by atoms with Gasteiger partial charge in [0.1, 0.15) is 18.2 Å². The third-order valence-corrected chi connectivity index (χ3v) is 1.85. The zero-order chi connectivity index (χ0) is 9.30. The van der Waals surface area contributed by atoms with Crippen LogP contribution in [0.4, 0.5) is 8.78 Å². The molecule has 0 amide bonds. The van der Waals surface area contributed by atoms with Gasteiger partial charge in [0.15, 0.2) is 6.30 Å². The van der Waals surface area contributed by atoms with Crippen LogP contribution < -0.4 is 5.32 Å². The number of carbonyl (C=O) groups is 1. The molecule has 0 radical (unpaired) electrons. The molecule has 0 spiro atoms. The van der Waals surface area contributed by atoms with Crippen LogP contribution in [0.2, 0.25) is 0 Å². The van der Waals surface area contributed by atoms with Crippen LogP contribution >= 0.6 is 0 Å². The summed E-state index contributed by atoms with van der Waals surface area (Å²) in [4.78, 5) is 10.3. The summed E-state index contributed by atoms with van der Waals surface area (Å²) < 4.78 is 25.3. The summed E-state index contributed by atoms with van der Waals surface area (Å²) in [6.45, 7) is -0.355. The Labute approximate surface area is 67.2 Å². The molecular formula is C6H9F2NO3. The van der Waals surface area contributed by atoms with Crippen molar-refractivity contribution >= 4 is 5.97 Å². The van der Waals surface area contributed by atoms with Gasteiger partial charge in [0.25, 0.3) is 0 Å². The summed E-state index contributed by atoms with van der Waals surface area (Å²) >= 11 is 0. The van der Waals surface area contributed by atoms with Crippen molar-refractivity contribution in [1.29, 1.82) is 0 Å². The van der Waals surface area contributed by atoms with Crippen molar-refractivity contribution in [2.24, 2.45) is 5.92 Å². The number of hydrogen-bond acceptors (Lipinski definition) is 3. The minimum absolute atomic E-state index is 0.355. The molecule has 4 atom stereocenters. The first kappa shape index (κ1) is 9.34. The van der Waals surface area contributed by atoms with Crippen LogP contribution in [0.3, 0.4) is 0 Å². The van der Waals surface area contributed by atoms with Gasteiger partial charge in [0, 0.05) is 6.54 Å². The summed E-state index contributed by atoms with van der Waals surface area (Å²) in [6.07, 6.45) is -5.37. The van der Waals surface area contributed by atoms with Gasteiger partial charge in [-0.3, -0.25) is 10.1 Å². The number of aliphatic hydroxyl groups excluding tert-OH is 1. The quantitative estimate of drug-likeness (QED) is 0.467. The second kappa shape index (κ2) is 3.32. The van der Waals surface area contributed by atoms with E-state index < -0.39 is 30.5 Å². The molecule has 70 valence electrons. The molecule has 0 aromatic rings. The Morgan fingerprint density at radius 2 is 2.08 bits per heavy atom. The number of carboxylic acid groups (broad SMARTS) is 1. The minimum atomic E-state index is -1.88. The molecule has 0 aromatic heterocycles. The molecule has 0 aliphatic carbocycles. The standard InChI is InChI=1S/C6H9F2NO3/c7-2-1-9-5(8)3(4(2)10)6(11)12/h2-5,9-10H,1H2,(H,11,12). The molecule has 0 saturated carbocycles. The van der Waals surface area contributed by atoms with E-state index in [4.69, 9.17) is 10.2 Å². The molecule has 4 nitrogen and oxygen atoms in total. The molecule has 1 aliphatic rings. The average Bonchev–Trinajstić information content (AvgIpc) is 1.97. The van der Waals surface area contributed by atoms with Crippen molar-refractivity contribution in [2.45, 2.75) is 18.6 Å². The molecule has 1 saturated heterocycles. The highest BCUT2D eigenvalue weighted by Gasteiger charge is 2.43. The Kier molecular flexibility index (Phi) is 2.58. The molecular weight excluding hydrogens is 172 g/mol. The molecule has 1 heterocycles. The first-order valence-corrected chi connectivity index (χ1v) is 3.46. The summed E-state index contributed by atoms with van der Waals surface area (Å²) in [5.41, 5.74) is 0. The second-order valence-electron chi connectivity index (χ2n) is 2.68. The molecule has 3 N–H and O–H groups in total. The van der Waals surface area contributed by atoms with Crippen molar-refractivity contribution in [3.05, 3.63) is 0 Å². The van der Waals surface area contributed by atoms with Crippen molar-refractivity contribution in [1.82, 2.24) is 5.32 Å². The van der Waals surface area contributed by atoms with E-state index in [9.17, 15) is 13.6 Å². The van der Waals surface area contributed by atoms with E-state index in [1.165, 1.54) is 0 Å². The number of nitrogens with one attached hydrogen (secondary N) is 1. The molecule has 12 heavy (non-hydrogen) atoms. The second-order valence-corrected chi connectivity index (χ2v) is 2.68. The summed E-state index contributed by atoms with van der Waals surface area (Å²) in [5, 5.41) is 19.3. The number of aliphatic hydroxyl groups is 1. The SMILES string of the molecule is O=C(O)C1C(F)NCC(F)C1O. The van der Waals surface area contributed by atoms with Gasteiger partial charge >= 0.3 is 5.97 Å². The van der Waals surface area contributed by atoms with E-state index in [1.807, 2.05) is 5.32 Å². The van der Waals surface area contributed by atoms with E-state index in [0.29, 0.717) is 0 Å². The Balaban J connectivity index is 2.71. The van der Waals surface area contributed by atoms with Crippen molar-refractivity contribution in [2.75, 3.05) is 6.54 Å². The molecule has 1 rings (SSSR count). The largest absolute Gasteiger partial charge is 0.481 e. The minimum Gasteiger partial charge on any atom is -0.481 e. The maximum Gasteiger partial charge on any atom is 0.313 e. The predicted molar refractivity (Wildman–Crippen MR) is 34.9 cm³/mol. The molecule has 0 aromatic carbocycles. The first-order chi connectivity index (χ1) is 5.54. The zero-order valence-electron chi connectivity index (χ0n) is 6.08. The van der Waals surface area contributed by atoms with Gasteiger partial charge in [-0.1, -0.05) is 0 Å².